The first kappa shape index (κ1) is 20.9. The molecule has 1 saturated heterocycles. The molecule has 1 N–H and O–H groups in total. The van der Waals surface area contributed by atoms with Gasteiger partial charge in [-0.25, -0.2) is 9.18 Å². The number of urea groups is 1. The molecular formula is C23H21ClFN3O3. The first-order valence-corrected chi connectivity index (χ1v) is 10.2. The van der Waals surface area contributed by atoms with E-state index in [0.717, 1.165) is 4.73 Å². The largest absolute Gasteiger partial charge is 0.618 e. The molecule has 1 fully saturated rings. The maximum absolute atomic E-state index is 15.5. The lowest BCUT2D eigenvalue weighted by molar-refractivity contribution is -0.615. The third kappa shape index (κ3) is 4.41. The smallest absolute Gasteiger partial charge is 0.318 e. The highest BCUT2D eigenvalue weighted by Crippen LogP contribution is 2.36. The Balaban J connectivity index is 1.61. The predicted molar refractivity (Wildman–Crippen MR) is 115 cm³/mol. The van der Waals surface area contributed by atoms with Crippen molar-refractivity contribution in [3.63, 3.8) is 0 Å². The van der Waals surface area contributed by atoms with Crippen LogP contribution in [0.2, 0.25) is 5.02 Å². The molecule has 4 rings (SSSR count). The number of ether oxygens (including phenoxy) is 1. The number of rotatable bonds is 6. The average Bonchev–Trinajstić information content (AvgIpc) is 3.15. The maximum Gasteiger partial charge on any atom is 0.318 e. The van der Waals surface area contributed by atoms with Crippen LogP contribution in [0, 0.1) is 11.0 Å². The van der Waals surface area contributed by atoms with Crippen LogP contribution >= 0.6 is 11.6 Å². The summed E-state index contributed by atoms with van der Waals surface area (Å²) in [6, 6.07) is 13.6. The molecule has 2 amide bonds. The number of hydrogen-bond donors (Lipinski definition) is 1. The number of amides is 2. The number of nitrogens with zero attached hydrogens (tertiary/aromatic N) is 2. The number of halogens is 2. The SMILES string of the molecule is COc1ccc(Cc2ccc(CN3CCNC3=O)[n+]([O-])c2)c(F)c1-c1cccc(Cl)c1. The van der Waals surface area contributed by atoms with E-state index in [1.54, 1.807) is 53.4 Å². The van der Waals surface area contributed by atoms with Gasteiger partial charge in [-0.15, -0.1) is 0 Å². The summed E-state index contributed by atoms with van der Waals surface area (Å²) in [6.45, 7) is 1.36. The summed E-state index contributed by atoms with van der Waals surface area (Å²) >= 11 is 6.09. The van der Waals surface area contributed by atoms with Crippen LogP contribution in [0.15, 0.2) is 54.7 Å². The fourth-order valence-electron chi connectivity index (χ4n) is 3.68. The Morgan fingerprint density at radius 3 is 2.77 bits per heavy atom. The van der Waals surface area contributed by atoms with E-state index < -0.39 is 5.82 Å². The lowest BCUT2D eigenvalue weighted by Crippen LogP contribution is -2.37. The molecular weight excluding hydrogens is 421 g/mol. The molecule has 0 radical (unpaired) electrons. The van der Waals surface area contributed by atoms with Gasteiger partial charge in [0.1, 0.15) is 18.1 Å². The van der Waals surface area contributed by atoms with Crippen molar-refractivity contribution in [2.24, 2.45) is 0 Å². The number of carbonyl (C=O) groups is 1. The van der Waals surface area contributed by atoms with Gasteiger partial charge in [0.2, 0.25) is 5.69 Å². The summed E-state index contributed by atoms with van der Waals surface area (Å²) < 4.78 is 21.6. The highest BCUT2D eigenvalue weighted by molar-refractivity contribution is 6.30. The molecule has 0 spiro atoms. The van der Waals surface area contributed by atoms with Gasteiger partial charge in [0.25, 0.3) is 0 Å². The van der Waals surface area contributed by atoms with Crippen LogP contribution in [0.25, 0.3) is 11.1 Å². The Kier molecular flexibility index (Phi) is 5.95. The van der Waals surface area contributed by atoms with Crippen LogP contribution < -0.4 is 14.8 Å². The van der Waals surface area contributed by atoms with Gasteiger partial charge in [-0.1, -0.05) is 29.8 Å². The Bertz CT molecular complexity index is 1140. The number of benzene rings is 2. The van der Waals surface area contributed by atoms with E-state index >= 15 is 4.39 Å². The van der Waals surface area contributed by atoms with Crippen LogP contribution in [0.4, 0.5) is 9.18 Å². The van der Waals surface area contributed by atoms with Gasteiger partial charge in [0.15, 0.2) is 6.20 Å². The molecule has 0 atom stereocenters. The fourth-order valence-corrected chi connectivity index (χ4v) is 3.87. The van der Waals surface area contributed by atoms with E-state index in [0.29, 0.717) is 51.8 Å². The van der Waals surface area contributed by atoms with Gasteiger partial charge in [0, 0.05) is 36.2 Å². The average molecular weight is 442 g/mol. The van der Waals surface area contributed by atoms with Crippen LogP contribution in [-0.2, 0) is 13.0 Å². The van der Waals surface area contributed by atoms with Crippen molar-refractivity contribution in [3.8, 4) is 16.9 Å². The molecule has 1 aliphatic rings. The highest BCUT2D eigenvalue weighted by atomic mass is 35.5. The van der Waals surface area contributed by atoms with Crippen molar-refractivity contribution in [2.45, 2.75) is 13.0 Å². The summed E-state index contributed by atoms with van der Waals surface area (Å²) in [5.74, 6) is -0.0153. The van der Waals surface area contributed by atoms with Gasteiger partial charge in [-0.3, -0.25) is 0 Å². The topological polar surface area (TPSA) is 68.5 Å². The number of hydrogen-bond acceptors (Lipinski definition) is 3. The molecule has 1 aromatic heterocycles. The first-order chi connectivity index (χ1) is 15.0. The monoisotopic (exact) mass is 441 g/mol. The highest BCUT2D eigenvalue weighted by Gasteiger charge is 2.23. The quantitative estimate of drug-likeness (QED) is 0.466. The summed E-state index contributed by atoms with van der Waals surface area (Å²) in [5, 5.41) is 15.7. The zero-order valence-electron chi connectivity index (χ0n) is 16.9. The molecule has 6 nitrogen and oxygen atoms in total. The number of aromatic nitrogens is 1. The minimum absolute atomic E-state index is 0.182. The predicted octanol–water partition coefficient (Wildman–Crippen LogP) is 3.90. The molecule has 2 heterocycles. The molecule has 160 valence electrons. The van der Waals surface area contributed by atoms with Gasteiger partial charge >= 0.3 is 6.03 Å². The minimum atomic E-state index is -0.420. The van der Waals surface area contributed by atoms with Crippen LogP contribution in [0.1, 0.15) is 16.8 Å². The van der Waals surface area contributed by atoms with E-state index in [1.165, 1.54) is 13.3 Å². The summed E-state index contributed by atoms with van der Waals surface area (Å²) in [7, 11) is 1.49. The number of pyridine rings is 1. The van der Waals surface area contributed by atoms with Crippen LogP contribution in [0.3, 0.4) is 0 Å². The van der Waals surface area contributed by atoms with E-state index in [1.807, 2.05) is 0 Å². The summed E-state index contributed by atoms with van der Waals surface area (Å²) in [5.41, 5.74) is 2.49. The molecule has 1 aliphatic heterocycles. The van der Waals surface area contributed by atoms with E-state index in [4.69, 9.17) is 16.3 Å². The van der Waals surface area contributed by atoms with Crippen LogP contribution in [0.5, 0.6) is 5.75 Å². The molecule has 0 saturated carbocycles. The molecule has 8 heteroatoms. The van der Waals surface area contributed by atoms with E-state index in [2.05, 4.69) is 5.32 Å². The molecule has 0 bridgehead atoms. The van der Waals surface area contributed by atoms with Crippen molar-refractivity contribution < 1.29 is 18.7 Å². The van der Waals surface area contributed by atoms with Gasteiger partial charge in [-0.2, -0.15) is 4.73 Å². The second kappa shape index (κ2) is 8.81. The van der Waals surface area contributed by atoms with Gasteiger partial charge in [-0.05, 0) is 35.4 Å². The molecule has 3 aromatic rings. The van der Waals surface area contributed by atoms with E-state index in [9.17, 15) is 10.0 Å². The molecule has 31 heavy (non-hydrogen) atoms. The second-order valence-electron chi connectivity index (χ2n) is 7.31. The van der Waals surface area contributed by atoms with E-state index in [-0.39, 0.29) is 19.0 Å². The fraction of sp³-hybridized carbons (Fsp3) is 0.217. The zero-order valence-corrected chi connectivity index (χ0v) is 17.7. The third-order valence-electron chi connectivity index (χ3n) is 5.27. The molecule has 0 unspecified atom stereocenters. The lowest BCUT2D eigenvalue weighted by Gasteiger charge is -2.15. The number of carbonyl (C=O) groups excluding carboxylic acids is 1. The Hall–Kier alpha value is -3.32. The Morgan fingerprint density at radius 1 is 1.26 bits per heavy atom. The van der Waals surface area contributed by atoms with Crippen molar-refractivity contribution >= 4 is 17.6 Å². The van der Waals surface area contributed by atoms with Gasteiger partial charge in [0.05, 0.1) is 12.7 Å². The second-order valence-corrected chi connectivity index (χ2v) is 7.75. The van der Waals surface area contributed by atoms with Crippen LogP contribution in [-0.4, -0.2) is 31.1 Å². The standard InChI is InChI=1S/C23H21ClFN3O3/c1-31-20-8-6-17(22(25)21(20)16-3-2-4-18(24)12-16)11-15-5-7-19(28(30)13-15)14-27-10-9-26-23(27)29/h2-8,12-13H,9-11,14H2,1H3,(H,26,29). The molecule has 2 aromatic carbocycles. The Morgan fingerprint density at radius 2 is 2.10 bits per heavy atom. The van der Waals surface area contributed by atoms with Crippen molar-refractivity contribution in [1.82, 2.24) is 10.2 Å². The van der Waals surface area contributed by atoms with Crippen molar-refractivity contribution in [3.05, 3.63) is 87.6 Å². The zero-order chi connectivity index (χ0) is 22.0. The maximum atomic E-state index is 15.5. The normalized spacial score (nSPS) is 13.4. The number of nitrogens with one attached hydrogen (secondary N) is 1. The summed E-state index contributed by atoms with van der Waals surface area (Å²) in [6.07, 6.45) is 1.65. The molecule has 0 aliphatic carbocycles. The van der Waals surface area contributed by atoms with Gasteiger partial charge < -0.3 is 20.2 Å². The number of methoxy groups -OCH3 is 1. The van der Waals surface area contributed by atoms with Crippen molar-refractivity contribution in [1.29, 1.82) is 0 Å². The third-order valence-corrected chi connectivity index (χ3v) is 5.50. The first-order valence-electron chi connectivity index (χ1n) is 9.81. The lowest BCUT2D eigenvalue weighted by atomic mass is 9.97. The summed E-state index contributed by atoms with van der Waals surface area (Å²) in [4.78, 5) is 13.3. The van der Waals surface area contributed by atoms with Crippen molar-refractivity contribution in [2.75, 3.05) is 20.2 Å². The minimum Gasteiger partial charge on any atom is -0.618 e. The Labute approximate surface area is 184 Å².